The molecule has 2 aromatic rings. The minimum atomic E-state index is 0.462. The number of nitrogens with zero attached hydrogens (tertiary/aromatic N) is 2. The van der Waals surface area contributed by atoms with Gasteiger partial charge in [0.1, 0.15) is 10.3 Å². The van der Waals surface area contributed by atoms with Gasteiger partial charge in [0, 0.05) is 18.7 Å². The van der Waals surface area contributed by atoms with Gasteiger partial charge in [-0.15, -0.1) is 0 Å². The third-order valence-corrected chi connectivity index (χ3v) is 3.52. The third-order valence-electron chi connectivity index (χ3n) is 2.31. The minimum absolute atomic E-state index is 0.462. The Labute approximate surface area is 93.6 Å². The lowest BCUT2D eigenvalue weighted by Crippen LogP contribution is -2.19. The molecule has 1 unspecified atom stereocenters. The van der Waals surface area contributed by atoms with Gasteiger partial charge in [0.25, 0.3) is 0 Å². The van der Waals surface area contributed by atoms with Crippen molar-refractivity contribution in [2.45, 2.75) is 19.8 Å². The van der Waals surface area contributed by atoms with Gasteiger partial charge < -0.3 is 5.32 Å². The number of aromatic nitrogens is 2. The van der Waals surface area contributed by atoms with Crippen LogP contribution in [0.2, 0.25) is 0 Å². The number of hydrogen-bond acceptors (Lipinski definition) is 4. The van der Waals surface area contributed by atoms with Crippen molar-refractivity contribution >= 4 is 21.7 Å². The van der Waals surface area contributed by atoms with E-state index < -0.39 is 0 Å². The molecule has 2 aromatic heterocycles. The molecule has 0 aliphatic carbocycles. The molecule has 3 nitrogen and oxygen atoms in total. The fourth-order valence-corrected chi connectivity index (χ4v) is 2.40. The van der Waals surface area contributed by atoms with Crippen LogP contribution in [0.5, 0.6) is 0 Å². The molecule has 0 fully saturated rings. The molecule has 0 radical (unpaired) electrons. The average molecular weight is 221 g/mol. The second-order valence-electron chi connectivity index (χ2n) is 3.59. The van der Waals surface area contributed by atoms with Crippen molar-refractivity contribution in [3.63, 3.8) is 0 Å². The van der Waals surface area contributed by atoms with Gasteiger partial charge in [-0.1, -0.05) is 25.2 Å². The maximum absolute atomic E-state index is 4.58. The summed E-state index contributed by atoms with van der Waals surface area (Å²) >= 11 is 1.69. The van der Waals surface area contributed by atoms with Gasteiger partial charge >= 0.3 is 0 Å². The first-order valence-electron chi connectivity index (χ1n) is 5.23. The predicted octanol–water partition coefficient (Wildman–Crippen LogP) is 2.40. The maximum atomic E-state index is 4.58. The zero-order valence-electron chi connectivity index (χ0n) is 9.03. The Balaban J connectivity index is 2.20. The first-order chi connectivity index (χ1) is 7.31. The summed E-state index contributed by atoms with van der Waals surface area (Å²) in [7, 11) is 0. The van der Waals surface area contributed by atoms with Crippen LogP contribution in [0.4, 0.5) is 0 Å². The number of nitrogens with one attached hydrogen (secondary N) is 1. The van der Waals surface area contributed by atoms with Gasteiger partial charge in [0.15, 0.2) is 0 Å². The number of pyridine rings is 1. The molecule has 2 rings (SSSR count). The van der Waals surface area contributed by atoms with E-state index in [0.29, 0.717) is 5.92 Å². The quantitative estimate of drug-likeness (QED) is 0.861. The van der Waals surface area contributed by atoms with E-state index in [1.54, 1.807) is 11.3 Å². The smallest absolute Gasteiger partial charge is 0.143 e. The molecule has 0 aliphatic rings. The normalized spacial score (nSPS) is 13.2. The van der Waals surface area contributed by atoms with Crippen molar-refractivity contribution in [2.24, 2.45) is 0 Å². The van der Waals surface area contributed by atoms with Crippen LogP contribution in [0.3, 0.4) is 0 Å². The molecule has 0 spiro atoms. The molecule has 2 heterocycles. The van der Waals surface area contributed by atoms with Crippen molar-refractivity contribution in [3.05, 3.63) is 23.3 Å². The molecule has 1 atom stereocenters. The second-order valence-corrected chi connectivity index (χ2v) is 4.60. The Hall–Kier alpha value is -1.00. The van der Waals surface area contributed by atoms with E-state index in [1.165, 1.54) is 5.01 Å². The highest BCUT2D eigenvalue weighted by atomic mass is 32.1. The fraction of sp³-hybridized carbons (Fsp3) is 0.455. The summed E-state index contributed by atoms with van der Waals surface area (Å²) in [6, 6.07) is 3.95. The van der Waals surface area contributed by atoms with Crippen LogP contribution in [0, 0.1) is 0 Å². The molecule has 4 heteroatoms. The van der Waals surface area contributed by atoms with Crippen LogP contribution in [0.1, 0.15) is 24.8 Å². The lowest BCUT2D eigenvalue weighted by Gasteiger charge is -2.07. The molecule has 0 aromatic carbocycles. The Morgan fingerprint density at radius 1 is 1.53 bits per heavy atom. The molecule has 1 N–H and O–H groups in total. The summed E-state index contributed by atoms with van der Waals surface area (Å²) in [4.78, 5) is 9.92. The lowest BCUT2D eigenvalue weighted by atomic mass is 10.2. The summed E-state index contributed by atoms with van der Waals surface area (Å²) in [6.45, 7) is 6.30. The van der Waals surface area contributed by atoms with Crippen LogP contribution in [0.15, 0.2) is 18.3 Å². The fourth-order valence-electron chi connectivity index (χ4n) is 1.45. The first-order valence-corrected chi connectivity index (χ1v) is 6.05. The van der Waals surface area contributed by atoms with Gasteiger partial charge in [0.2, 0.25) is 0 Å². The van der Waals surface area contributed by atoms with Crippen molar-refractivity contribution in [1.82, 2.24) is 15.3 Å². The SMILES string of the molecule is CCNCC(C)c1nc2cccnc2s1. The Bertz CT molecular complexity index is 405. The molecular weight excluding hydrogens is 206 g/mol. The van der Waals surface area contributed by atoms with Gasteiger partial charge in [0.05, 0.1) is 5.01 Å². The molecule has 0 saturated heterocycles. The summed E-state index contributed by atoms with van der Waals surface area (Å²) in [5.74, 6) is 0.462. The third kappa shape index (κ3) is 2.33. The largest absolute Gasteiger partial charge is 0.316 e. The molecule has 0 saturated carbocycles. The Morgan fingerprint density at radius 2 is 2.40 bits per heavy atom. The average Bonchev–Trinajstić information content (AvgIpc) is 2.69. The number of likely N-dealkylation sites (N-methyl/N-ethyl adjacent to an activating group) is 1. The van der Waals surface area contributed by atoms with Crippen LogP contribution in [0.25, 0.3) is 10.3 Å². The predicted molar refractivity (Wildman–Crippen MR) is 64.4 cm³/mol. The van der Waals surface area contributed by atoms with E-state index in [0.717, 1.165) is 23.4 Å². The highest BCUT2D eigenvalue weighted by Gasteiger charge is 2.10. The highest BCUT2D eigenvalue weighted by molar-refractivity contribution is 7.18. The van der Waals surface area contributed by atoms with E-state index in [-0.39, 0.29) is 0 Å². The van der Waals surface area contributed by atoms with Gasteiger partial charge in [-0.3, -0.25) is 0 Å². The summed E-state index contributed by atoms with van der Waals surface area (Å²) < 4.78 is 0. The van der Waals surface area contributed by atoms with E-state index in [9.17, 15) is 0 Å². The van der Waals surface area contributed by atoms with E-state index in [4.69, 9.17) is 0 Å². The number of rotatable bonds is 4. The number of fused-ring (bicyclic) bond motifs is 1. The zero-order valence-corrected chi connectivity index (χ0v) is 9.84. The number of thiazole rings is 1. The lowest BCUT2D eigenvalue weighted by molar-refractivity contribution is 0.633. The molecule has 80 valence electrons. The van der Waals surface area contributed by atoms with Crippen LogP contribution >= 0.6 is 11.3 Å². The van der Waals surface area contributed by atoms with Crippen LogP contribution < -0.4 is 5.32 Å². The minimum Gasteiger partial charge on any atom is -0.316 e. The Morgan fingerprint density at radius 3 is 3.13 bits per heavy atom. The summed E-state index contributed by atoms with van der Waals surface area (Å²) in [5.41, 5.74) is 1.01. The van der Waals surface area contributed by atoms with Gasteiger partial charge in [-0.2, -0.15) is 0 Å². The van der Waals surface area contributed by atoms with Crippen LogP contribution in [-0.2, 0) is 0 Å². The van der Waals surface area contributed by atoms with E-state index in [1.807, 2.05) is 18.3 Å². The second kappa shape index (κ2) is 4.68. The summed E-state index contributed by atoms with van der Waals surface area (Å²) in [5, 5.41) is 4.51. The molecule has 0 amide bonds. The van der Waals surface area contributed by atoms with Crippen molar-refractivity contribution < 1.29 is 0 Å². The van der Waals surface area contributed by atoms with Crippen molar-refractivity contribution in [3.8, 4) is 0 Å². The summed E-state index contributed by atoms with van der Waals surface area (Å²) in [6.07, 6.45) is 1.82. The van der Waals surface area contributed by atoms with Gasteiger partial charge in [-0.05, 0) is 18.7 Å². The first kappa shape index (κ1) is 10.5. The molecule has 0 aliphatic heterocycles. The number of hydrogen-bond donors (Lipinski definition) is 1. The monoisotopic (exact) mass is 221 g/mol. The standard InChI is InChI=1S/C11H15N3S/c1-3-12-7-8(2)10-14-9-5-4-6-13-11(9)15-10/h4-6,8,12H,3,7H2,1-2H3. The van der Waals surface area contributed by atoms with Gasteiger partial charge in [-0.25, -0.2) is 9.97 Å². The molecule has 15 heavy (non-hydrogen) atoms. The van der Waals surface area contributed by atoms with E-state index >= 15 is 0 Å². The van der Waals surface area contributed by atoms with Crippen molar-refractivity contribution in [1.29, 1.82) is 0 Å². The Kier molecular flexibility index (Phi) is 3.28. The zero-order chi connectivity index (χ0) is 10.7. The maximum Gasteiger partial charge on any atom is 0.143 e. The molecule has 0 bridgehead atoms. The molecular formula is C11H15N3S. The van der Waals surface area contributed by atoms with Crippen molar-refractivity contribution in [2.75, 3.05) is 13.1 Å². The highest BCUT2D eigenvalue weighted by Crippen LogP contribution is 2.25. The van der Waals surface area contributed by atoms with Crippen LogP contribution in [-0.4, -0.2) is 23.1 Å². The van der Waals surface area contributed by atoms with E-state index in [2.05, 4.69) is 29.1 Å². The topological polar surface area (TPSA) is 37.8 Å².